The van der Waals surface area contributed by atoms with E-state index in [0.29, 0.717) is 0 Å². The molecule has 2 N–H and O–H groups in total. The summed E-state index contributed by atoms with van der Waals surface area (Å²) in [5.74, 6) is 0. The molecule has 0 radical (unpaired) electrons. The Bertz CT molecular complexity index is 310. The quantitative estimate of drug-likeness (QED) is 0.738. The van der Waals surface area contributed by atoms with Crippen LogP contribution < -0.4 is 5.73 Å². The van der Waals surface area contributed by atoms with E-state index in [2.05, 4.69) is 20.9 Å². The molecule has 64 valence electrons. The average molecular weight is 227 g/mol. The van der Waals surface area contributed by atoms with Crippen molar-refractivity contribution in [3.8, 4) is 0 Å². The summed E-state index contributed by atoms with van der Waals surface area (Å²) in [4.78, 5) is 4.35. The van der Waals surface area contributed by atoms with Crippen molar-refractivity contribution in [1.82, 2.24) is 4.98 Å². The zero-order chi connectivity index (χ0) is 8.55. The molecule has 0 aromatic carbocycles. The molecule has 12 heavy (non-hydrogen) atoms. The zero-order valence-corrected chi connectivity index (χ0v) is 8.39. The van der Waals surface area contributed by atoms with Crippen LogP contribution in [0.1, 0.15) is 24.1 Å². The lowest BCUT2D eigenvalue weighted by molar-refractivity contribution is 0.669. The van der Waals surface area contributed by atoms with Gasteiger partial charge in [0, 0.05) is 11.9 Å². The van der Waals surface area contributed by atoms with Crippen LogP contribution in [-0.2, 0) is 12.8 Å². The third kappa shape index (κ3) is 1.22. The van der Waals surface area contributed by atoms with E-state index >= 15 is 0 Å². The van der Waals surface area contributed by atoms with Crippen LogP contribution in [0.25, 0.3) is 0 Å². The molecule has 1 aromatic rings. The molecule has 0 saturated heterocycles. The van der Waals surface area contributed by atoms with Crippen LogP contribution in [0.5, 0.6) is 0 Å². The second-order valence-corrected chi connectivity index (χ2v) is 4.01. The fourth-order valence-electron chi connectivity index (χ4n) is 1.67. The van der Waals surface area contributed by atoms with Gasteiger partial charge in [-0.3, -0.25) is 4.98 Å². The lowest BCUT2D eigenvalue weighted by atomic mass is 9.95. The summed E-state index contributed by atoms with van der Waals surface area (Å²) in [5.41, 5.74) is 9.26. The van der Waals surface area contributed by atoms with Crippen LogP contribution >= 0.6 is 15.9 Å². The summed E-state index contributed by atoms with van der Waals surface area (Å²) in [7, 11) is 0. The van der Waals surface area contributed by atoms with E-state index in [-0.39, 0.29) is 0 Å². The lowest BCUT2D eigenvalue weighted by Crippen LogP contribution is -2.08. The Kier molecular flexibility index (Phi) is 2.05. The minimum absolute atomic E-state index is 0.889. The van der Waals surface area contributed by atoms with E-state index in [9.17, 15) is 0 Å². The van der Waals surface area contributed by atoms with Gasteiger partial charge in [-0.05, 0) is 47.2 Å². The molecule has 0 unspecified atom stereocenters. The predicted molar refractivity (Wildman–Crippen MR) is 53.0 cm³/mol. The van der Waals surface area contributed by atoms with Gasteiger partial charge in [-0.1, -0.05) is 0 Å². The van der Waals surface area contributed by atoms with Crippen LogP contribution in [0.15, 0.2) is 10.7 Å². The van der Waals surface area contributed by atoms with Gasteiger partial charge in [-0.15, -0.1) is 0 Å². The highest BCUT2D eigenvalue weighted by molar-refractivity contribution is 9.10. The van der Waals surface area contributed by atoms with Crippen LogP contribution in [0.4, 0.5) is 5.69 Å². The van der Waals surface area contributed by atoms with Gasteiger partial charge < -0.3 is 5.73 Å². The molecular weight excluding hydrogens is 216 g/mol. The maximum absolute atomic E-state index is 5.92. The molecule has 1 aliphatic rings. The molecule has 0 fully saturated rings. The fraction of sp³-hybridized carbons (Fsp3) is 0.444. The number of hydrogen-bond acceptors (Lipinski definition) is 2. The largest absolute Gasteiger partial charge is 0.397 e. The van der Waals surface area contributed by atoms with E-state index < -0.39 is 0 Å². The molecule has 0 spiro atoms. The molecule has 2 nitrogen and oxygen atoms in total. The number of nitrogens with zero attached hydrogens (tertiary/aromatic N) is 1. The molecule has 0 amide bonds. The fourth-order valence-corrected chi connectivity index (χ4v) is 2.01. The van der Waals surface area contributed by atoms with Crippen LogP contribution in [0, 0.1) is 0 Å². The molecule has 1 heterocycles. The van der Waals surface area contributed by atoms with Gasteiger partial charge in [-0.2, -0.15) is 0 Å². The van der Waals surface area contributed by atoms with E-state index in [1.807, 2.05) is 0 Å². The number of nitrogen functional groups attached to an aromatic ring is 1. The first-order chi connectivity index (χ1) is 5.79. The van der Waals surface area contributed by atoms with Crippen LogP contribution in [0.3, 0.4) is 0 Å². The first kappa shape index (κ1) is 8.05. The molecule has 1 aliphatic carbocycles. The minimum atomic E-state index is 0.889. The highest BCUT2D eigenvalue weighted by Crippen LogP contribution is 2.29. The smallest absolute Gasteiger partial charge is 0.0591 e. The van der Waals surface area contributed by atoms with Crippen molar-refractivity contribution < 1.29 is 0 Å². The molecule has 2 rings (SSSR count). The molecule has 0 bridgehead atoms. The van der Waals surface area contributed by atoms with Crippen molar-refractivity contribution in [3.05, 3.63) is 21.9 Å². The Morgan fingerprint density at radius 1 is 1.33 bits per heavy atom. The van der Waals surface area contributed by atoms with Crippen LogP contribution in [-0.4, -0.2) is 4.98 Å². The number of nitrogens with two attached hydrogens (primary N) is 1. The summed E-state index contributed by atoms with van der Waals surface area (Å²) in [6, 6.07) is 0. The third-order valence-electron chi connectivity index (χ3n) is 2.35. The summed E-state index contributed by atoms with van der Waals surface area (Å²) in [6.45, 7) is 0. The Morgan fingerprint density at radius 3 is 2.92 bits per heavy atom. The van der Waals surface area contributed by atoms with Crippen molar-refractivity contribution in [1.29, 1.82) is 0 Å². The molecule has 0 aliphatic heterocycles. The summed E-state index contributed by atoms with van der Waals surface area (Å²) in [5, 5.41) is 0. The van der Waals surface area contributed by atoms with E-state index in [1.165, 1.54) is 24.1 Å². The van der Waals surface area contributed by atoms with Crippen LogP contribution in [0.2, 0.25) is 0 Å². The van der Waals surface area contributed by atoms with Crippen molar-refractivity contribution in [2.75, 3.05) is 5.73 Å². The van der Waals surface area contributed by atoms with Crippen molar-refractivity contribution in [3.63, 3.8) is 0 Å². The maximum atomic E-state index is 5.92. The molecule has 0 atom stereocenters. The van der Waals surface area contributed by atoms with Gasteiger partial charge in [0.25, 0.3) is 0 Å². The number of fused-ring (bicyclic) bond motifs is 1. The molecule has 3 heteroatoms. The van der Waals surface area contributed by atoms with E-state index in [0.717, 1.165) is 23.0 Å². The Morgan fingerprint density at radius 2 is 2.08 bits per heavy atom. The summed E-state index contributed by atoms with van der Waals surface area (Å²) < 4.78 is 0.933. The molecule has 1 aromatic heterocycles. The van der Waals surface area contributed by atoms with Gasteiger partial charge in [0.2, 0.25) is 0 Å². The number of aryl methyl sites for hydroxylation is 1. The Hall–Kier alpha value is -0.570. The van der Waals surface area contributed by atoms with Gasteiger partial charge >= 0.3 is 0 Å². The second-order valence-electron chi connectivity index (χ2n) is 3.15. The highest BCUT2D eigenvalue weighted by Gasteiger charge is 2.14. The number of aromatic nitrogens is 1. The minimum Gasteiger partial charge on any atom is -0.397 e. The normalized spacial score (nSPS) is 15.8. The number of hydrogen-bond donors (Lipinski definition) is 1. The highest BCUT2D eigenvalue weighted by atomic mass is 79.9. The maximum Gasteiger partial charge on any atom is 0.0591 e. The van der Waals surface area contributed by atoms with E-state index in [4.69, 9.17) is 5.73 Å². The lowest BCUT2D eigenvalue weighted by Gasteiger charge is -2.16. The third-order valence-corrected chi connectivity index (χ3v) is 2.99. The van der Waals surface area contributed by atoms with Gasteiger partial charge in [0.15, 0.2) is 0 Å². The number of anilines is 1. The topological polar surface area (TPSA) is 38.9 Å². The Balaban J connectivity index is 2.54. The Labute approximate surface area is 80.3 Å². The first-order valence-corrected chi connectivity index (χ1v) is 5.00. The van der Waals surface area contributed by atoms with Gasteiger partial charge in [0.1, 0.15) is 0 Å². The molecule has 0 saturated carbocycles. The van der Waals surface area contributed by atoms with Crippen molar-refractivity contribution in [2.45, 2.75) is 25.7 Å². The number of rotatable bonds is 0. The number of halogens is 1. The van der Waals surface area contributed by atoms with Crippen molar-refractivity contribution in [2.24, 2.45) is 0 Å². The predicted octanol–water partition coefficient (Wildman–Crippen LogP) is 2.31. The summed E-state index contributed by atoms with van der Waals surface area (Å²) in [6.07, 6.45) is 6.48. The number of pyridine rings is 1. The first-order valence-electron chi connectivity index (χ1n) is 4.21. The second kappa shape index (κ2) is 3.05. The molecular formula is C9H11BrN2. The summed E-state index contributed by atoms with van der Waals surface area (Å²) >= 11 is 3.39. The van der Waals surface area contributed by atoms with E-state index in [1.54, 1.807) is 6.20 Å². The SMILES string of the molecule is Nc1c(Br)cnc2c1CCCC2. The van der Waals surface area contributed by atoms with Gasteiger partial charge in [0.05, 0.1) is 10.2 Å². The standard InChI is InChI=1S/C9H11BrN2/c10-7-5-12-8-4-2-1-3-6(8)9(7)11/h5H,1-4H2,(H2,11,12). The van der Waals surface area contributed by atoms with Gasteiger partial charge in [-0.25, -0.2) is 0 Å². The van der Waals surface area contributed by atoms with Crippen molar-refractivity contribution >= 4 is 21.6 Å². The zero-order valence-electron chi connectivity index (χ0n) is 6.81. The average Bonchev–Trinajstić information content (AvgIpc) is 2.12. The monoisotopic (exact) mass is 226 g/mol.